The SMILES string of the molecule is CCC1CN(c2ccc(CBr)cc2C(F)(F)F)CCN1C. The molecule has 1 aromatic rings. The van der Waals surface area contributed by atoms with E-state index in [1.54, 1.807) is 12.1 Å². The zero-order valence-electron chi connectivity index (χ0n) is 12.3. The van der Waals surface area contributed by atoms with Gasteiger partial charge >= 0.3 is 6.18 Å². The van der Waals surface area contributed by atoms with Crippen molar-refractivity contribution >= 4 is 21.6 Å². The van der Waals surface area contributed by atoms with E-state index in [1.165, 1.54) is 6.07 Å². The summed E-state index contributed by atoms with van der Waals surface area (Å²) in [5, 5.41) is 0.427. The first-order valence-corrected chi connectivity index (χ1v) is 8.20. The molecular weight excluding hydrogens is 345 g/mol. The lowest BCUT2D eigenvalue weighted by Crippen LogP contribution is -2.51. The smallest absolute Gasteiger partial charge is 0.368 e. The van der Waals surface area contributed by atoms with Crippen LogP contribution in [0.1, 0.15) is 24.5 Å². The van der Waals surface area contributed by atoms with Gasteiger partial charge < -0.3 is 4.90 Å². The Morgan fingerprint density at radius 2 is 2.00 bits per heavy atom. The van der Waals surface area contributed by atoms with Gasteiger partial charge in [-0.05, 0) is 31.2 Å². The summed E-state index contributed by atoms with van der Waals surface area (Å²) in [6.45, 7) is 4.13. The molecule has 1 aromatic carbocycles. The molecule has 1 fully saturated rings. The van der Waals surface area contributed by atoms with E-state index in [4.69, 9.17) is 0 Å². The molecule has 0 amide bonds. The van der Waals surface area contributed by atoms with Crippen molar-refractivity contribution in [2.75, 3.05) is 31.6 Å². The van der Waals surface area contributed by atoms with Crippen LogP contribution in [0.5, 0.6) is 0 Å². The van der Waals surface area contributed by atoms with E-state index in [1.807, 2.05) is 11.9 Å². The van der Waals surface area contributed by atoms with E-state index >= 15 is 0 Å². The van der Waals surface area contributed by atoms with Crippen molar-refractivity contribution in [1.29, 1.82) is 0 Å². The Labute approximate surface area is 132 Å². The van der Waals surface area contributed by atoms with Gasteiger partial charge in [-0.25, -0.2) is 0 Å². The van der Waals surface area contributed by atoms with Crippen LogP contribution in [0.15, 0.2) is 18.2 Å². The van der Waals surface area contributed by atoms with E-state index in [0.717, 1.165) is 13.0 Å². The van der Waals surface area contributed by atoms with E-state index in [9.17, 15) is 13.2 Å². The second-order valence-electron chi connectivity index (χ2n) is 5.47. The van der Waals surface area contributed by atoms with Crippen molar-refractivity contribution in [1.82, 2.24) is 4.90 Å². The number of hydrogen-bond donors (Lipinski definition) is 0. The fourth-order valence-electron chi connectivity index (χ4n) is 2.77. The number of benzene rings is 1. The second-order valence-corrected chi connectivity index (χ2v) is 6.03. The van der Waals surface area contributed by atoms with Gasteiger partial charge in [0.05, 0.1) is 5.56 Å². The number of piperazine rings is 1. The first-order chi connectivity index (χ1) is 9.86. The summed E-state index contributed by atoms with van der Waals surface area (Å²) in [6.07, 6.45) is -3.38. The van der Waals surface area contributed by atoms with Gasteiger partial charge in [0, 0.05) is 36.7 Å². The molecular formula is C15H20BrF3N2. The molecule has 2 rings (SSSR count). The van der Waals surface area contributed by atoms with E-state index in [2.05, 4.69) is 27.8 Å². The lowest BCUT2D eigenvalue weighted by molar-refractivity contribution is -0.137. The van der Waals surface area contributed by atoms with Crippen LogP contribution in [0.2, 0.25) is 0 Å². The maximum atomic E-state index is 13.3. The molecule has 1 aliphatic heterocycles. The summed E-state index contributed by atoms with van der Waals surface area (Å²) in [5.41, 5.74) is 0.421. The molecule has 0 aliphatic carbocycles. The topological polar surface area (TPSA) is 6.48 Å². The monoisotopic (exact) mass is 364 g/mol. The molecule has 0 aromatic heterocycles. The molecule has 1 saturated heterocycles. The molecule has 0 bridgehead atoms. The third-order valence-electron chi connectivity index (χ3n) is 4.11. The minimum Gasteiger partial charge on any atom is -0.368 e. The minimum absolute atomic E-state index is 0.302. The summed E-state index contributed by atoms with van der Waals surface area (Å²) in [5.74, 6) is 0. The largest absolute Gasteiger partial charge is 0.418 e. The molecule has 1 unspecified atom stereocenters. The van der Waals surface area contributed by atoms with Crippen molar-refractivity contribution < 1.29 is 13.2 Å². The van der Waals surface area contributed by atoms with Crippen LogP contribution >= 0.6 is 15.9 Å². The molecule has 21 heavy (non-hydrogen) atoms. The second kappa shape index (κ2) is 6.57. The van der Waals surface area contributed by atoms with Crippen molar-refractivity contribution in [2.24, 2.45) is 0 Å². The first kappa shape index (κ1) is 16.6. The van der Waals surface area contributed by atoms with Gasteiger partial charge in [-0.1, -0.05) is 28.9 Å². The van der Waals surface area contributed by atoms with Crippen LogP contribution in [-0.2, 0) is 11.5 Å². The van der Waals surface area contributed by atoms with Crippen LogP contribution in [-0.4, -0.2) is 37.6 Å². The van der Waals surface area contributed by atoms with Crippen molar-refractivity contribution in [2.45, 2.75) is 30.9 Å². The van der Waals surface area contributed by atoms with E-state index in [0.29, 0.717) is 35.7 Å². The quantitative estimate of drug-likeness (QED) is 0.744. The molecule has 1 aliphatic rings. The zero-order valence-corrected chi connectivity index (χ0v) is 13.8. The van der Waals surface area contributed by atoms with Crippen LogP contribution in [0.4, 0.5) is 18.9 Å². The first-order valence-electron chi connectivity index (χ1n) is 7.08. The summed E-state index contributed by atoms with van der Waals surface area (Å²) >= 11 is 3.22. The Morgan fingerprint density at radius 1 is 1.29 bits per heavy atom. The molecule has 0 saturated carbocycles. The van der Waals surface area contributed by atoms with Crippen LogP contribution in [0.3, 0.4) is 0 Å². The van der Waals surface area contributed by atoms with Crippen molar-refractivity contribution in [3.8, 4) is 0 Å². The number of rotatable bonds is 3. The molecule has 6 heteroatoms. The summed E-state index contributed by atoms with van der Waals surface area (Å²) in [6, 6.07) is 4.93. The maximum Gasteiger partial charge on any atom is 0.418 e. The molecule has 0 radical (unpaired) electrons. The Bertz CT molecular complexity index is 490. The number of hydrogen-bond acceptors (Lipinski definition) is 2. The van der Waals surface area contributed by atoms with Gasteiger partial charge in [0.25, 0.3) is 0 Å². The zero-order chi connectivity index (χ0) is 15.6. The van der Waals surface area contributed by atoms with Gasteiger partial charge in [0.1, 0.15) is 0 Å². The third kappa shape index (κ3) is 3.72. The highest BCUT2D eigenvalue weighted by Gasteiger charge is 2.36. The van der Waals surface area contributed by atoms with Gasteiger partial charge in [-0.15, -0.1) is 0 Å². The Balaban J connectivity index is 2.35. The average Bonchev–Trinajstić information content (AvgIpc) is 2.46. The fourth-order valence-corrected chi connectivity index (χ4v) is 3.12. The Kier molecular flexibility index (Phi) is 5.20. The van der Waals surface area contributed by atoms with Gasteiger partial charge in [0.2, 0.25) is 0 Å². The highest BCUT2D eigenvalue weighted by atomic mass is 79.9. The van der Waals surface area contributed by atoms with Crippen molar-refractivity contribution in [3.05, 3.63) is 29.3 Å². The molecule has 1 atom stereocenters. The number of alkyl halides is 4. The molecule has 118 valence electrons. The van der Waals surface area contributed by atoms with Crippen LogP contribution < -0.4 is 4.90 Å². The van der Waals surface area contributed by atoms with Crippen LogP contribution in [0.25, 0.3) is 0 Å². The average molecular weight is 365 g/mol. The fraction of sp³-hybridized carbons (Fsp3) is 0.600. The van der Waals surface area contributed by atoms with Crippen molar-refractivity contribution in [3.63, 3.8) is 0 Å². The number of halogens is 4. The van der Waals surface area contributed by atoms with Crippen LogP contribution in [0, 0.1) is 0 Å². The molecule has 1 heterocycles. The lowest BCUT2D eigenvalue weighted by Gasteiger charge is -2.41. The highest BCUT2D eigenvalue weighted by molar-refractivity contribution is 9.08. The number of nitrogens with zero attached hydrogens (tertiary/aromatic N) is 2. The number of anilines is 1. The predicted molar refractivity (Wildman–Crippen MR) is 83.0 cm³/mol. The lowest BCUT2D eigenvalue weighted by atomic mass is 10.0. The highest BCUT2D eigenvalue weighted by Crippen LogP contribution is 2.38. The summed E-state index contributed by atoms with van der Waals surface area (Å²) < 4.78 is 40.0. The van der Waals surface area contributed by atoms with E-state index < -0.39 is 11.7 Å². The van der Waals surface area contributed by atoms with E-state index in [-0.39, 0.29) is 0 Å². The molecule has 2 nitrogen and oxygen atoms in total. The van der Waals surface area contributed by atoms with Gasteiger partial charge in [-0.2, -0.15) is 13.2 Å². The standard InChI is InChI=1S/C15H20BrF3N2/c1-3-12-10-21(7-6-20(12)2)14-5-4-11(9-16)8-13(14)15(17,18)19/h4-5,8,12H,3,6-7,9-10H2,1-2H3. The van der Waals surface area contributed by atoms with Gasteiger partial charge in [-0.3, -0.25) is 4.90 Å². The summed E-state index contributed by atoms with van der Waals surface area (Å²) in [4.78, 5) is 4.09. The Hall–Kier alpha value is -0.750. The molecule has 0 spiro atoms. The summed E-state index contributed by atoms with van der Waals surface area (Å²) in [7, 11) is 2.03. The number of likely N-dealkylation sites (N-methyl/N-ethyl adjacent to an activating group) is 1. The Morgan fingerprint density at radius 3 is 2.57 bits per heavy atom. The van der Waals surface area contributed by atoms with Gasteiger partial charge in [0.15, 0.2) is 0 Å². The minimum atomic E-state index is -4.32. The molecule has 0 N–H and O–H groups in total. The maximum absolute atomic E-state index is 13.3. The third-order valence-corrected chi connectivity index (χ3v) is 4.76. The normalized spacial score (nSPS) is 20.9. The predicted octanol–water partition coefficient (Wildman–Crippen LogP) is 4.13.